The lowest BCUT2D eigenvalue weighted by Gasteiger charge is -2.51. The number of hydrogen-bond acceptors (Lipinski definition) is 3. The molecule has 0 bridgehead atoms. The highest BCUT2D eigenvalue weighted by Gasteiger charge is 2.43. The molecule has 0 amide bonds. The monoisotopic (exact) mass is 280 g/mol. The van der Waals surface area contributed by atoms with Gasteiger partial charge in [0.2, 0.25) is 0 Å². The summed E-state index contributed by atoms with van der Waals surface area (Å²) >= 11 is 0. The molecule has 1 aliphatic heterocycles. The molecule has 1 fully saturated rings. The molecule has 0 saturated carbocycles. The van der Waals surface area contributed by atoms with Gasteiger partial charge in [-0.05, 0) is 59.8 Å². The van der Waals surface area contributed by atoms with Crippen molar-refractivity contribution in [3.63, 3.8) is 0 Å². The molecule has 1 atom stereocenters. The molecule has 1 heterocycles. The van der Waals surface area contributed by atoms with Crippen molar-refractivity contribution in [2.24, 2.45) is 0 Å². The molecule has 0 aromatic rings. The summed E-state index contributed by atoms with van der Waals surface area (Å²) in [4.78, 5) is 6.12. The van der Waals surface area contributed by atoms with Crippen molar-refractivity contribution < 1.29 is 4.84 Å². The Labute approximate surface area is 125 Å². The zero-order valence-electron chi connectivity index (χ0n) is 14.0. The second-order valence-corrected chi connectivity index (χ2v) is 7.35. The number of hydroxylamine groups is 2. The van der Waals surface area contributed by atoms with E-state index >= 15 is 0 Å². The average molecular weight is 280 g/mol. The van der Waals surface area contributed by atoms with Crippen molar-refractivity contribution in [1.29, 1.82) is 5.26 Å². The molecule has 1 rings (SSSR count). The van der Waals surface area contributed by atoms with Gasteiger partial charge in [-0.25, -0.2) is 0 Å². The normalized spacial score (nSPS) is 23.2. The van der Waals surface area contributed by atoms with Crippen LogP contribution in [-0.2, 0) is 4.84 Å². The van der Waals surface area contributed by atoms with E-state index in [9.17, 15) is 5.26 Å². The quantitative estimate of drug-likeness (QED) is 0.627. The van der Waals surface area contributed by atoms with Gasteiger partial charge in [0.25, 0.3) is 0 Å². The summed E-state index contributed by atoms with van der Waals surface area (Å²) in [5.74, 6) is 0. The van der Waals surface area contributed by atoms with Crippen LogP contribution in [0, 0.1) is 11.3 Å². The van der Waals surface area contributed by atoms with Crippen LogP contribution in [0.5, 0.6) is 0 Å². The van der Waals surface area contributed by atoms with E-state index in [1.807, 2.05) is 0 Å². The van der Waals surface area contributed by atoms with Gasteiger partial charge in [0, 0.05) is 11.1 Å². The Hall–Kier alpha value is -0.590. The zero-order chi connectivity index (χ0) is 15.2. The van der Waals surface area contributed by atoms with Crippen LogP contribution in [0.25, 0.3) is 0 Å². The standard InChI is InChI=1S/C17H32N2O/c1-6-7-8-9-11-15(14-18)20-19-16(2,3)12-10-13-17(19,4)5/h15H,6-13H2,1-5H3. The number of unbranched alkanes of at least 4 members (excludes halogenated alkanes) is 3. The van der Waals surface area contributed by atoms with Crippen LogP contribution in [0.4, 0.5) is 0 Å². The molecule has 0 radical (unpaired) electrons. The van der Waals surface area contributed by atoms with Gasteiger partial charge in [0.15, 0.2) is 6.10 Å². The first-order valence-electron chi connectivity index (χ1n) is 8.20. The fourth-order valence-corrected chi connectivity index (χ4v) is 3.29. The third kappa shape index (κ3) is 4.75. The van der Waals surface area contributed by atoms with Gasteiger partial charge in [-0.3, -0.25) is 4.84 Å². The first-order chi connectivity index (χ1) is 9.33. The van der Waals surface area contributed by atoms with Crippen molar-refractivity contribution in [3.8, 4) is 6.07 Å². The number of piperidine rings is 1. The van der Waals surface area contributed by atoms with E-state index in [0.717, 1.165) is 25.7 Å². The summed E-state index contributed by atoms with van der Waals surface area (Å²) in [5, 5.41) is 11.5. The van der Waals surface area contributed by atoms with Crippen LogP contribution in [0.1, 0.15) is 86.0 Å². The van der Waals surface area contributed by atoms with Crippen molar-refractivity contribution >= 4 is 0 Å². The predicted molar refractivity (Wildman–Crippen MR) is 83.1 cm³/mol. The predicted octanol–water partition coefficient (Wildman–Crippen LogP) is 4.82. The summed E-state index contributed by atoms with van der Waals surface area (Å²) in [6, 6.07) is 2.34. The highest BCUT2D eigenvalue weighted by molar-refractivity contribution is 4.94. The Morgan fingerprint density at radius 3 is 2.20 bits per heavy atom. The van der Waals surface area contributed by atoms with Crippen LogP contribution in [0.15, 0.2) is 0 Å². The summed E-state index contributed by atoms with van der Waals surface area (Å²) in [5.41, 5.74) is 0.0283. The topological polar surface area (TPSA) is 36.3 Å². The molecular formula is C17H32N2O. The molecule has 3 nitrogen and oxygen atoms in total. The van der Waals surface area contributed by atoms with E-state index < -0.39 is 0 Å². The maximum Gasteiger partial charge on any atom is 0.165 e. The summed E-state index contributed by atoms with van der Waals surface area (Å²) in [7, 11) is 0. The Bertz CT molecular complexity index is 314. The summed E-state index contributed by atoms with van der Waals surface area (Å²) in [6.45, 7) is 11.1. The van der Waals surface area contributed by atoms with E-state index in [4.69, 9.17) is 4.84 Å². The summed E-state index contributed by atoms with van der Waals surface area (Å²) in [6.07, 6.45) is 8.79. The molecule has 20 heavy (non-hydrogen) atoms. The number of rotatable bonds is 7. The van der Waals surface area contributed by atoms with E-state index in [1.54, 1.807) is 0 Å². The van der Waals surface area contributed by atoms with Crippen molar-refractivity contribution in [2.75, 3.05) is 0 Å². The number of hydrogen-bond donors (Lipinski definition) is 0. The lowest BCUT2D eigenvalue weighted by atomic mass is 9.82. The molecule has 3 heteroatoms. The van der Waals surface area contributed by atoms with Crippen LogP contribution < -0.4 is 0 Å². The summed E-state index contributed by atoms with van der Waals surface area (Å²) < 4.78 is 0. The van der Waals surface area contributed by atoms with E-state index in [1.165, 1.54) is 25.7 Å². The smallest absolute Gasteiger partial charge is 0.165 e. The van der Waals surface area contributed by atoms with Gasteiger partial charge >= 0.3 is 0 Å². The van der Waals surface area contributed by atoms with Crippen LogP contribution in [0.3, 0.4) is 0 Å². The molecule has 0 aromatic carbocycles. The van der Waals surface area contributed by atoms with Gasteiger partial charge in [0.05, 0.1) is 6.07 Å². The van der Waals surface area contributed by atoms with E-state index in [2.05, 4.69) is 45.8 Å². The van der Waals surface area contributed by atoms with Gasteiger partial charge in [-0.1, -0.05) is 26.2 Å². The van der Waals surface area contributed by atoms with Gasteiger partial charge in [0.1, 0.15) is 0 Å². The molecule has 1 aliphatic rings. The maximum atomic E-state index is 9.35. The highest BCUT2D eigenvalue weighted by Crippen LogP contribution is 2.39. The molecule has 0 spiro atoms. The minimum atomic E-state index is -0.302. The van der Waals surface area contributed by atoms with Crippen LogP contribution in [0.2, 0.25) is 0 Å². The largest absolute Gasteiger partial charge is 0.279 e. The van der Waals surface area contributed by atoms with Crippen LogP contribution >= 0.6 is 0 Å². The Balaban J connectivity index is 2.59. The third-order valence-corrected chi connectivity index (χ3v) is 4.37. The zero-order valence-corrected chi connectivity index (χ0v) is 14.0. The lowest BCUT2D eigenvalue weighted by molar-refractivity contribution is -0.295. The Morgan fingerprint density at radius 2 is 1.70 bits per heavy atom. The van der Waals surface area contributed by atoms with Gasteiger partial charge in [-0.2, -0.15) is 10.3 Å². The second-order valence-electron chi connectivity index (χ2n) is 7.35. The number of nitrogens with zero attached hydrogens (tertiary/aromatic N) is 2. The van der Waals surface area contributed by atoms with E-state index in [-0.39, 0.29) is 17.2 Å². The molecule has 116 valence electrons. The van der Waals surface area contributed by atoms with Gasteiger partial charge in [-0.15, -0.1) is 0 Å². The minimum Gasteiger partial charge on any atom is -0.279 e. The lowest BCUT2D eigenvalue weighted by Crippen LogP contribution is -2.59. The van der Waals surface area contributed by atoms with Gasteiger partial charge < -0.3 is 0 Å². The highest BCUT2D eigenvalue weighted by atomic mass is 16.7. The first kappa shape index (κ1) is 17.5. The fourth-order valence-electron chi connectivity index (χ4n) is 3.29. The van der Waals surface area contributed by atoms with Crippen molar-refractivity contribution in [2.45, 2.75) is 103 Å². The maximum absolute atomic E-state index is 9.35. The van der Waals surface area contributed by atoms with E-state index in [0.29, 0.717) is 0 Å². The first-order valence-corrected chi connectivity index (χ1v) is 8.20. The Kier molecular flexibility index (Phi) is 6.48. The molecule has 0 N–H and O–H groups in total. The molecule has 0 aliphatic carbocycles. The van der Waals surface area contributed by atoms with Crippen molar-refractivity contribution in [1.82, 2.24) is 5.06 Å². The number of nitriles is 1. The minimum absolute atomic E-state index is 0.0142. The molecule has 1 saturated heterocycles. The SMILES string of the molecule is CCCCCCC(C#N)ON1C(C)(C)CCCC1(C)C. The molecule has 1 unspecified atom stereocenters. The fraction of sp³-hybridized carbons (Fsp3) is 0.941. The van der Waals surface area contributed by atoms with Crippen molar-refractivity contribution in [3.05, 3.63) is 0 Å². The molecule has 0 aromatic heterocycles. The third-order valence-electron chi connectivity index (χ3n) is 4.37. The Morgan fingerprint density at radius 1 is 1.10 bits per heavy atom. The second kappa shape index (κ2) is 7.43. The average Bonchev–Trinajstić information content (AvgIpc) is 2.35. The van der Waals surface area contributed by atoms with Crippen LogP contribution in [-0.4, -0.2) is 22.2 Å². The molecular weight excluding hydrogens is 248 g/mol.